The van der Waals surface area contributed by atoms with Crippen molar-refractivity contribution >= 4 is 17.4 Å². The molecule has 16 heavy (non-hydrogen) atoms. The predicted octanol–water partition coefficient (Wildman–Crippen LogP) is 2.53. The third-order valence-corrected chi connectivity index (χ3v) is 3.51. The summed E-state index contributed by atoms with van der Waals surface area (Å²) >= 11 is 6.19. The third-order valence-electron chi connectivity index (χ3n) is 3.24. The summed E-state index contributed by atoms with van der Waals surface area (Å²) in [6, 6.07) is 1.93. The van der Waals surface area contributed by atoms with E-state index in [0.717, 1.165) is 11.5 Å². The highest BCUT2D eigenvalue weighted by Crippen LogP contribution is 2.41. The molecule has 0 spiro atoms. The lowest BCUT2D eigenvalue weighted by Gasteiger charge is -1.99. The number of rotatable bonds is 2. The van der Waals surface area contributed by atoms with Crippen molar-refractivity contribution < 1.29 is 0 Å². The number of fused-ring (bicyclic) bond motifs is 1. The zero-order valence-corrected chi connectivity index (χ0v) is 9.48. The van der Waals surface area contributed by atoms with Crippen LogP contribution in [-0.2, 0) is 0 Å². The van der Waals surface area contributed by atoms with E-state index >= 15 is 0 Å². The zero-order valence-electron chi connectivity index (χ0n) is 8.73. The molecule has 0 N–H and O–H groups in total. The molecule has 2 aliphatic rings. The van der Waals surface area contributed by atoms with E-state index in [0.29, 0.717) is 22.8 Å². The Kier molecular flexibility index (Phi) is 1.64. The van der Waals surface area contributed by atoms with Gasteiger partial charge in [0.05, 0.1) is 5.69 Å². The Balaban J connectivity index is 1.90. The van der Waals surface area contributed by atoms with Gasteiger partial charge in [-0.25, -0.2) is 4.98 Å². The number of hydrogen-bond donors (Lipinski definition) is 0. The minimum Gasteiger partial charge on any atom is -0.216 e. The van der Waals surface area contributed by atoms with Crippen molar-refractivity contribution in [3.05, 3.63) is 22.7 Å². The lowest BCUT2D eigenvalue weighted by molar-refractivity contribution is 0.864. The van der Waals surface area contributed by atoms with Crippen molar-refractivity contribution in [1.82, 2.24) is 19.6 Å². The lowest BCUT2D eigenvalue weighted by atomic mass is 10.3. The summed E-state index contributed by atoms with van der Waals surface area (Å²) in [5.41, 5.74) is 1.08. The smallest absolute Gasteiger partial charge is 0.216 e. The van der Waals surface area contributed by atoms with Gasteiger partial charge in [0, 0.05) is 11.8 Å². The van der Waals surface area contributed by atoms with Gasteiger partial charge in [0.2, 0.25) is 0 Å². The van der Waals surface area contributed by atoms with Crippen molar-refractivity contribution in [1.29, 1.82) is 0 Å². The van der Waals surface area contributed by atoms with Crippen LogP contribution in [0.15, 0.2) is 6.07 Å². The van der Waals surface area contributed by atoms with E-state index in [1.807, 2.05) is 6.07 Å². The number of hydrogen-bond acceptors (Lipinski definition) is 3. The molecule has 0 radical (unpaired) electrons. The summed E-state index contributed by atoms with van der Waals surface area (Å²) in [7, 11) is 0. The quantitative estimate of drug-likeness (QED) is 0.750. The molecule has 0 aliphatic heterocycles. The number of aromatic nitrogens is 4. The molecule has 0 aromatic carbocycles. The maximum atomic E-state index is 6.19. The van der Waals surface area contributed by atoms with Gasteiger partial charge in [-0.05, 0) is 31.7 Å². The van der Waals surface area contributed by atoms with E-state index < -0.39 is 0 Å². The molecule has 4 rings (SSSR count). The Morgan fingerprint density at radius 1 is 1.12 bits per heavy atom. The summed E-state index contributed by atoms with van der Waals surface area (Å²) in [6.45, 7) is 0. The topological polar surface area (TPSA) is 43.1 Å². The summed E-state index contributed by atoms with van der Waals surface area (Å²) < 4.78 is 1.65. The Morgan fingerprint density at radius 3 is 2.56 bits per heavy atom. The summed E-state index contributed by atoms with van der Waals surface area (Å²) in [5.74, 6) is 2.71. The van der Waals surface area contributed by atoms with Crippen LogP contribution in [0, 0.1) is 0 Å². The van der Waals surface area contributed by atoms with Crippen LogP contribution < -0.4 is 0 Å². The Hall–Kier alpha value is -1.16. The first kappa shape index (κ1) is 8.93. The summed E-state index contributed by atoms with van der Waals surface area (Å²) in [6.07, 6.45) is 4.85. The van der Waals surface area contributed by atoms with Gasteiger partial charge >= 0.3 is 0 Å². The van der Waals surface area contributed by atoms with E-state index in [4.69, 9.17) is 11.6 Å². The van der Waals surface area contributed by atoms with Gasteiger partial charge in [-0.2, -0.15) is 9.50 Å². The van der Waals surface area contributed by atoms with Crippen LogP contribution in [0.4, 0.5) is 0 Å². The Labute approximate surface area is 97.7 Å². The maximum absolute atomic E-state index is 6.19. The van der Waals surface area contributed by atoms with E-state index in [-0.39, 0.29) is 0 Å². The van der Waals surface area contributed by atoms with E-state index in [9.17, 15) is 0 Å². The molecule has 2 heterocycles. The molecule has 2 aliphatic carbocycles. The standard InChI is InChI=1S/C11H11ClN4/c12-9-5-8(6-1-2-6)13-11-14-10(7-3-4-7)15-16(9)11/h5-7H,1-4H2. The van der Waals surface area contributed by atoms with Gasteiger partial charge in [-0.1, -0.05) is 11.6 Å². The highest BCUT2D eigenvalue weighted by molar-refractivity contribution is 6.29. The lowest BCUT2D eigenvalue weighted by Crippen LogP contribution is -1.96. The third kappa shape index (κ3) is 1.33. The Bertz CT molecular complexity index is 569. The van der Waals surface area contributed by atoms with E-state index in [1.54, 1.807) is 4.52 Å². The molecule has 2 fully saturated rings. The molecule has 82 valence electrons. The summed E-state index contributed by atoms with van der Waals surface area (Å²) in [5, 5.41) is 5.04. The van der Waals surface area contributed by atoms with Crippen LogP contribution in [0.3, 0.4) is 0 Å². The molecule has 0 amide bonds. The largest absolute Gasteiger partial charge is 0.254 e. The molecule has 0 bridgehead atoms. The fraction of sp³-hybridized carbons (Fsp3) is 0.545. The van der Waals surface area contributed by atoms with Gasteiger partial charge in [-0.3, -0.25) is 0 Å². The van der Waals surface area contributed by atoms with Gasteiger partial charge in [0.1, 0.15) is 5.15 Å². The fourth-order valence-corrected chi connectivity index (χ4v) is 2.19. The molecule has 0 saturated heterocycles. The average Bonchev–Trinajstić information content (AvgIpc) is 3.14. The van der Waals surface area contributed by atoms with Crippen molar-refractivity contribution in [2.24, 2.45) is 0 Å². The first-order valence-corrected chi connectivity index (χ1v) is 6.12. The zero-order chi connectivity index (χ0) is 10.7. The SMILES string of the molecule is Clc1cc(C2CC2)nc2nc(C3CC3)nn12. The Morgan fingerprint density at radius 2 is 1.88 bits per heavy atom. The van der Waals surface area contributed by atoms with Crippen LogP contribution in [0.25, 0.3) is 5.78 Å². The van der Waals surface area contributed by atoms with E-state index in [2.05, 4.69) is 15.1 Å². The molecule has 2 aromatic rings. The molecule has 5 heteroatoms. The van der Waals surface area contributed by atoms with Gasteiger partial charge in [-0.15, -0.1) is 5.10 Å². The highest BCUT2D eigenvalue weighted by Gasteiger charge is 2.30. The van der Waals surface area contributed by atoms with Gasteiger partial charge < -0.3 is 0 Å². The number of halogens is 1. The van der Waals surface area contributed by atoms with Crippen molar-refractivity contribution in [3.8, 4) is 0 Å². The first-order valence-electron chi connectivity index (χ1n) is 5.74. The second kappa shape index (κ2) is 2.94. The molecule has 0 atom stereocenters. The van der Waals surface area contributed by atoms with Crippen molar-refractivity contribution in [2.45, 2.75) is 37.5 Å². The average molecular weight is 235 g/mol. The van der Waals surface area contributed by atoms with Crippen LogP contribution in [-0.4, -0.2) is 19.6 Å². The molecule has 2 saturated carbocycles. The molecular weight excluding hydrogens is 224 g/mol. The van der Waals surface area contributed by atoms with Gasteiger partial charge in [0.25, 0.3) is 5.78 Å². The minimum atomic E-state index is 0.544. The minimum absolute atomic E-state index is 0.544. The maximum Gasteiger partial charge on any atom is 0.254 e. The number of nitrogens with zero attached hydrogens (tertiary/aromatic N) is 4. The monoisotopic (exact) mass is 234 g/mol. The van der Waals surface area contributed by atoms with Crippen LogP contribution in [0.1, 0.15) is 49.0 Å². The molecule has 2 aromatic heterocycles. The molecular formula is C11H11ClN4. The predicted molar refractivity (Wildman–Crippen MR) is 59.7 cm³/mol. The second-order valence-electron chi connectivity index (χ2n) is 4.73. The van der Waals surface area contributed by atoms with Gasteiger partial charge in [0.15, 0.2) is 5.82 Å². The first-order chi connectivity index (χ1) is 7.81. The second-order valence-corrected chi connectivity index (χ2v) is 5.12. The van der Waals surface area contributed by atoms with Crippen LogP contribution in [0.5, 0.6) is 0 Å². The fourth-order valence-electron chi connectivity index (χ4n) is 1.97. The van der Waals surface area contributed by atoms with Crippen LogP contribution >= 0.6 is 11.6 Å². The van der Waals surface area contributed by atoms with E-state index in [1.165, 1.54) is 25.7 Å². The molecule has 0 unspecified atom stereocenters. The summed E-state index contributed by atoms with van der Waals surface area (Å²) in [4.78, 5) is 9.00. The normalized spacial score (nSPS) is 20.6. The highest BCUT2D eigenvalue weighted by atomic mass is 35.5. The van der Waals surface area contributed by atoms with Crippen LogP contribution in [0.2, 0.25) is 5.15 Å². The van der Waals surface area contributed by atoms with Crippen molar-refractivity contribution in [2.75, 3.05) is 0 Å². The van der Waals surface area contributed by atoms with Crippen molar-refractivity contribution in [3.63, 3.8) is 0 Å². The molecule has 4 nitrogen and oxygen atoms in total.